The van der Waals surface area contributed by atoms with E-state index in [1.807, 2.05) is 6.07 Å². The van der Waals surface area contributed by atoms with Crippen LogP contribution in [0.2, 0.25) is 0 Å². The molecule has 0 saturated carbocycles. The standard InChI is InChI=1S/C14H14BrN3O2/c1-18(2)14(19)12-8-10(5-6-17-12)20-13-4-3-9(15)7-11(13)16/h3-8H,16H2,1-2H3. The van der Waals surface area contributed by atoms with Crippen LogP contribution in [0.1, 0.15) is 10.5 Å². The Balaban J connectivity index is 2.26. The Kier molecular flexibility index (Phi) is 4.24. The fourth-order valence-corrected chi connectivity index (χ4v) is 1.94. The average molecular weight is 336 g/mol. The molecule has 0 spiro atoms. The highest BCUT2D eigenvalue weighted by Gasteiger charge is 2.11. The van der Waals surface area contributed by atoms with E-state index in [1.54, 1.807) is 38.4 Å². The number of rotatable bonds is 3. The van der Waals surface area contributed by atoms with Gasteiger partial charge in [0.05, 0.1) is 5.69 Å². The van der Waals surface area contributed by atoms with E-state index in [-0.39, 0.29) is 5.91 Å². The Bertz CT molecular complexity index is 644. The molecule has 0 atom stereocenters. The van der Waals surface area contributed by atoms with Crippen molar-refractivity contribution in [3.05, 3.63) is 46.7 Å². The molecule has 104 valence electrons. The van der Waals surface area contributed by atoms with Gasteiger partial charge in [-0.3, -0.25) is 9.78 Å². The number of benzene rings is 1. The van der Waals surface area contributed by atoms with Gasteiger partial charge in [0.1, 0.15) is 17.2 Å². The monoisotopic (exact) mass is 335 g/mol. The predicted octanol–water partition coefficient (Wildman–Crippen LogP) is 2.92. The third-order valence-corrected chi connectivity index (χ3v) is 3.05. The highest BCUT2D eigenvalue weighted by Crippen LogP contribution is 2.29. The van der Waals surface area contributed by atoms with Crippen molar-refractivity contribution in [2.24, 2.45) is 0 Å². The van der Waals surface area contributed by atoms with E-state index in [4.69, 9.17) is 10.5 Å². The zero-order chi connectivity index (χ0) is 14.7. The summed E-state index contributed by atoms with van der Waals surface area (Å²) >= 11 is 3.33. The van der Waals surface area contributed by atoms with Crippen LogP contribution in [0.3, 0.4) is 0 Å². The molecule has 0 aliphatic carbocycles. The number of ether oxygens (including phenoxy) is 1. The van der Waals surface area contributed by atoms with Gasteiger partial charge in [0.2, 0.25) is 0 Å². The first-order valence-corrected chi connectivity index (χ1v) is 6.67. The Hall–Kier alpha value is -2.08. The van der Waals surface area contributed by atoms with Crippen LogP contribution in [0.5, 0.6) is 11.5 Å². The largest absolute Gasteiger partial charge is 0.455 e. The molecule has 0 aliphatic rings. The van der Waals surface area contributed by atoms with E-state index in [2.05, 4.69) is 20.9 Å². The molecule has 0 unspecified atom stereocenters. The van der Waals surface area contributed by atoms with Gasteiger partial charge in [0.25, 0.3) is 5.91 Å². The van der Waals surface area contributed by atoms with Gasteiger partial charge >= 0.3 is 0 Å². The fourth-order valence-electron chi connectivity index (χ4n) is 1.56. The molecule has 1 heterocycles. The minimum Gasteiger partial charge on any atom is -0.455 e. The molecular formula is C14H14BrN3O2. The molecule has 0 aliphatic heterocycles. The third kappa shape index (κ3) is 3.27. The number of nitrogens with zero attached hydrogens (tertiary/aromatic N) is 2. The molecule has 0 saturated heterocycles. The second kappa shape index (κ2) is 5.92. The summed E-state index contributed by atoms with van der Waals surface area (Å²) < 4.78 is 6.55. The van der Waals surface area contributed by atoms with Gasteiger partial charge in [0.15, 0.2) is 0 Å². The Morgan fingerprint density at radius 2 is 2.05 bits per heavy atom. The molecule has 2 N–H and O–H groups in total. The highest BCUT2D eigenvalue weighted by molar-refractivity contribution is 9.10. The summed E-state index contributed by atoms with van der Waals surface area (Å²) in [6, 6.07) is 8.60. The summed E-state index contributed by atoms with van der Waals surface area (Å²) in [4.78, 5) is 17.3. The zero-order valence-electron chi connectivity index (χ0n) is 11.1. The summed E-state index contributed by atoms with van der Waals surface area (Å²) in [5.41, 5.74) is 6.70. The fraction of sp³-hybridized carbons (Fsp3) is 0.143. The number of carbonyl (C=O) groups excluding carboxylic acids is 1. The van der Waals surface area contributed by atoms with Crippen molar-refractivity contribution in [2.45, 2.75) is 0 Å². The van der Waals surface area contributed by atoms with Gasteiger partial charge < -0.3 is 15.4 Å². The lowest BCUT2D eigenvalue weighted by molar-refractivity contribution is 0.0821. The number of nitrogens with two attached hydrogens (primary N) is 1. The first-order chi connectivity index (χ1) is 9.47. The zero-order valence-corrected chi connectivity index (χ0v) is 12.7. The minimum atomic E-state index is -0.181. The van der Waals surface area contributed by atoms with Crippen molar-refractivity contribution in [1.29, 1.82) is 0 Å². The van der Waals surface area contributed by atoms with Crippen molar-refractivity contribution in [3.63, 3.8) is 0 Å². The number of aromatic nitrogens is 1. The van der Waals surface area contributed by atoms with E-state index in [1.165, 1.54) is 11.1 Å². The Labute approximate surface area is 125 Å². The van der Waals surface area contributed by atoms with Gasteiger partial charge in [-0.2, -0.15) is 0 Å². The second-order valence-electron chi connectivity index (χ2n) is 4.36. The topological polar surface area (TPSA) is 68.5 Å². The predicted molar refractivity (Wildman–Crippen MR) is 80.9 cm³/mol. The molecular weight excluding hydrogens is 322 g/mol. The van der Waals surface area contributed by atoms with Gasteiger partial charge in [0, 0.05) is 30.8 Å². The smallest absolute Gasteiger partial charge is 0.272 e. The van der Waals surface area contributed by atoms with Crippen LogP contribution in [0.4, 0.5) is 5.69 Å². The molecule has 0 radical (unpaired) electrons. The Morgan fingerprint density at radius 1 is 1.30 bits per heavy atom. The summed E-state index contributed by atoms with van der Waals surface area (Å²) in [6.07, 6.45) is 1.53. The molecule has 20 heavy (non-hydrogen) atoms. The van der Waals surface area contributed by atoms with E-state index in [0.29, 0.717) is 22.9 Å². The summed E-state index contributed by atoms with van der Waals surface area (Å²) in [5, 5.41) is 0. The van der Waals surface area contributed by atoms with Gasteiger partial charge in [-0.1, -0.05) is 15.9 Å². The normalized spacial score (nSPS) is 10.2. The van der Waals surface area contributed by atoms with Crippen molar-refractivity contribution in [3.8, 4) is 11.5 Å². The molecule has 1 amide bonds. The van der Waals surface area contributed by atoms with Crippen molar-refractivity contribution < 1.29 is 9.53 Å². The van der Waals surface area contributed by atoms with Crippen molar-refractivity contribution in [2.75, 3.05) is 19.8 Å². The number of hydrogen-bond acceptors (Lipinski definition) is 4. The van der Waals surface area contributed by atoms with Gasteiger partial charge in [-0.25, -0.2) is 0 Å². The number of carbonyl (C=O) groups is 1. The molecule has 1 aromatic heterocycles. The summed E-state index contributed by atoms with van der Waals surface area (Å²) in [5.74, 6) is 0.862. The molecule has 6 heteroatoms. The number of pyridine rings is 1. The van der Waals surface area contributed by atoms with E-state index in [9.17, 15) is 4.79 Å². The number of nitrogen functional groups attached to an aromatic ring is 1. The van der Waals surface area contributed by atoms with Gasteiger partial charge in [-0.05, 0) is 24.3 Å². The lowest BCUT2D eigenvalue weighted by atomic mass is 10.3. The summed E-state index contributed by atoms with van der Waals surface area (Å²) in [6.45, 7) is 0. The van der Waals surface area contributed by atoms with Crippen LogP contribution in [0.15, 0.2) is 41.0 Å². The minimum absolute atomic E-state index is 0.181. The van der Waals surface area contributed by atoms with Crippen LogP contribution in [0.25, 0.3) is 0 Å². The number of anilines is 1. The SMILES string of the molecule is CN(C)C(=O)c1cc(Oc2ccc(Br)cc2N)ccn1. The maximum Gasteiger partial charge on any atom is 0.272 e. The molecule has 0 fully saturated rings. The lowest BCUT2D eigenvalue weighted by Gasteiger charge is -2.12. The number of halogens is 1. The molecule has 2 rings (SSSR count). The number of amides is 1. The van der Waals surface area contributed by atoms with E-state index >= 15 is 0 Å². The first kappa shape index (κ1) is 14.3. The first-order valence-electron chi connectivity index (χ1n) is 5.88. The van der Waals surface area contributed by atoms with E-state index in [0.717, 1.165) is 4.47 Å². The van der Waals surface area contributed by atoms with Crippen LogP contribution >= 0.6 is 15.9 Å². The molecule has 1 aromatic carbocycles. The van der Waals surface area contributed by atoms with Crippen LogP contribution < -0.4 is 10.5 Å². The lowest BCUT2D eigenvalue weighted by Crippen LogP contribution is -2.22. The molecule has 2 aromatic rings. The number of hydrogen-bond donors (Lipinski definition) is 1. The summed E-state index contributed by atoms with van der Waals surface area (Å²) in [7, 11) is 3.34. The van der Waals surface area contributed by atoms with Gasteiger partial charge in [-0.15, -0.1) is 0 Å². The van der Waals surface area contributed by atoms with Crippen LogP contribution in [0, 0.1) is 0 Å². The third-order valence-electron chi connectivity index (χ3n) is 2.56. The molecule has 5 nitrogen and oxygen atoms in total. The maximum atomic E-state index is 11.8. The quantitative estimate of drug-likeness (QED) is 0.875. The maximum absolute atomic E-state index is 11.8. The van der Waals surface area contributed by atoms with Crippen molar-refractivity contribution in [1.82, 2.24) is 9.88 Å². The van der Waals surface area contributed by atoms with Crippen LogP contribution in [-0.4, -0.2) is 29.9 Å². The second-order valence-corrected chi connectivity index (χ2v) is 5.28. The van der Waals surface area contributed by atoms with Crippen LogP contribution in [-0.2, 0) is 0 Å². The Morgan fingerprint density at radius 3 is 2.70 bits per heavy atom. The molecule has 0 bridgehead atoms. The van der Waals surface area contributed by atoms with E-state index < -0.39 is 0 Å². The average Bonchev–Trinajstić information content (AvgIpc) is 2.41. The highest BCUT2D eigenvalue weighted by atomic mass is 79.9. The van der Waals surface area contributed by atoms with Crippen molar-refractivity contribution >= 4 is 27.5 Å².